The van der Waals surface area contributed by atoms with Crippen molar-refractivity contribution in [2.75, 3.05) is 20.2 Å². The molecular weight excluding hydrogens is 308 g/mol. The van der Waals surface area contributed by atoms with E-state index in [0.29, 0.717) is 24.8 Å². The second-order valence-electron chi connectivity index (χ2n) is 5.73. The van der Waals surface area contributed by atoms with Crippen LogP contribution in [0.25, 0.3) is 11.4 Å². The Labute approximate surface area is 141 Å². The van der Waals surface area contributed by atoms with Gasteiger partial charge in [0, 0.05) is 18.7 Å². The molecule has 7 heteroatoms. The summed E-state index contributed by atoms with van der Waals surface area (Å²) in [6, 6.07) is 7.26. The van der Waals surface area contributed by atoms with E-state index in [4.69, 9.17) is 9.26 Å². The maximum Gasteiger partial charge on any atom is 0.318 e. The van der Waals surface area contributed by atoms with Crippen molar-refractivity contribution >= 4 is 6.03 Å². The number of ether oxygens (including phenoxy) is 1. The first-order valence-corrected chi connectivity index (χ1v) is 8.25. The van der Waals surface area contributed by atoms with Gasteiger partial charge in [-0.15, -0.1) is 0 Å². The van der Waals surface area contributed by atoms with Crippen LogP contribution in [0.15, 0.2) is 28.8 Å². The summed E-state index contributed by atoms with van der Waals surface area (Å²) in [7, 11) is 1.62. The number of urea groups is 1. The fourth-order valence-corrected chi connectivity index (χ4v) is 2.93. The highest BCUT2D eigenvalue weighted by molar-refractivity contribution is 5.74. The molecule has 0 spiro atoms. The Balaban J connectivity index is 1.83. The van der Waals surface area contributed by atoms with Crippen LogP contribution < -0.4 is 10.1 Å². The average molecular weight is 330 g/mol. The van der Waals surface area contributed by atoms with Crippen molar-refractivity contribution < 1.29 is 14.1 Å². The quantitative estimate of drug-likeness (QED) is 0.932. The van der Waals surface area contributed by atoms with Crippen LogP contribution in [0.5, 0.6) is 5.75 Å². The molecule has 24 heavy (non-hydrogen) atoms. The minimum absolute atomic E-state index is 0.0802. The molecule has 0 aliphatic carbocycles. The molecule has 2 amide bonds. The number of rotatable bonds is 4. The molecule has 3 rings (SSSR count). The summed E-state index contributed by atoms with van der Waals surface area (Å²) in [5.74, 6) is 1.73. The third kappa shape index (κ3) is 3.34. The molecular formula is C17H22N4O3. The van der Waals surface area contributed by atoms with Crippen molar-refractivity contribution in [2.45, 2.75) is 32.2 Å². The Morgan fingerprint density at radius 3 is 3.12 bits per heavy atom. The van der Waals surface area contributed by atoms with Crippen molar-refractivity contribution in [3.8, 4) is 17.1 Å². The van der Waals surface area contributed by atoms with Crippen LogP contribution in [0.1, 0.15) is 38.1 Å². The second-order valence-corrected chi connectivity index (χ2v) is 5.73. The molecule has 1 N–H and O–H groups in total. The maximum atomic E-state index is 12.3. The number of carbonyl (C=O) groups is 1. The number of carbonyl (C=O) groups excluding carboxylic acids is 1. The summed E-state index contributed by atoms with van der Waals surface area (Å²) < 4.78 is 10.7. The lowest BCUT2D eigenvalue weighted by molar-refractivity contribution is 0.132. The molecule has 1 aliphatic rings. The summed E-state index contributed by atoms with van der Waals surface area (Å²) in [5.41, 5.74) is 0.824. The van der Waals surface area contributed by atoms with Gasteiger partial charge in [0.15, 0.2) is 0 Å². The number of nitrogens with zero attached hydrogens (tertiary/aromatic N) is 3. The second kappa shape index (κ2) is 7.33. The standard InChI is InChI=1S/C17H22N4O3/c1-3-18-17(22)21-10-5-4-9-14(21)16-19-15(20-24-16)12-7-6-8-13(11-12)23-2/h6-8,11,14H,3-5,9-10H2,1-2H3,(H,18,22)/t14-/m1/s1. The van der Waals surface area contributed by atoms with E-state index in [1.807, 2.05) is 31.2 Å². The number of nitrogens with one attached hydrogen (secondary N) is 1. The number of aromatic nitrogens is 2. The van der Waals surface area contributed by atoms with Crippen molar-refractivity contribution in [1.29, 1.82) is 0 Å². The number of benzene rings is 1. The molecule has 0 saturated carbocycles. The van der Waals surface area contributed by atoms with Gasteiger partial charge in [0.25, 0.3) is 0 Å². The predicted octanol–water partition coefficient (Wildman–Crippen LogP) is 3.00. The van der Waals surface area contributed by atoms with E-state index in [1.165, 1.54) is 0 Å². The molecule has 1 aromatic heterocycles. The minimum atomic E-state index is -0.169. The van der Waals surface area contributed by atoms with Gasteiger partial charge in [0.05, 0.1) is 7.11 Å². The summed E-state index contributed by atoms with van der Waals surface area (Å²) >= 11 is 0. The van der Waals surface area contributed by atoms with Gasteiger partial charge in [-0.2, -0.15) is 4.98 Å². The summed E-state index contributed by atoms with van der Waals surface area (Å²) in [6.45, 7) is 3.21. The first-order valence-electron chi connectivity index (χ1n) is 8.25. The van der Waals surface area contributed by atoms with E-state index >= 15 is 0 Å². The van der Waals surface area contributed by atoms with Crippen LogP contribution in [-0.4, -0.2) is 41.3 Å². The van der Waals surface area contributed by atoms with E-state index < -0.39 is 0 Å². The zero-order valence-corrected chi connectivity index (χ0v) is 14.0. The molecule has 7 nitrogen and oxygen atoms in total. The Morgan fingerprint density at radius 2 is 2.33 bits per heavy atom. The van der Waals surface area contributed by atoms with E-state index in [2.05, 4.69) is 15.5 Å². The average Bonchev–Trinajstić information content (AvgIpc) is 3.12. The van der Waals surface area contributed by atoms with Gasteiger partial charge in [-0.1, -0.05) is 17.3 Å². The fourth-order valence-electron chi connectivity index (χ4n) is 2.93. The molecule has 1 aromatic carbocycles. The van der Waals surface area contributed by atoms with Crippen molar-refractivity contribution in [1.82, 2.24) is 20.4 Å². The highest BCUT2D eigenvalue weighted by Gasteiger charge is 2.32. The number of piperidine rings is 1. The molecule has 1 saturated heterocycles. The monoisotopic (exact) mass is 330 g/mol. The zero-order chi connectivity index (χ0) is 16.9. The van der Waals surface area contributed by atoms with E-state index in [0.717, 1.165) is 30.6 Å². The number of amides is 2. The highest BCUT2D eigenvalue weighted by atomic mass is 16.5. The van der Waals surface area contributed by atoms with Gasteiger partial charge in [-0.05, 0) is 38.3 Å². The van der Waals surface area contributed by atoms with Crippen LogP contribution in [0.3, 0.4) is 0 Å². The lowest BCUT2D eigenvalue weighted by Crippen LogP contribution is -2.44. The van der Waals surface area contributed by atoms with Crippen molar-refractivity contribution in [3.63, 3.8) is 0 Å². The van der Waals surface area contributed by atoms with Gasteiger partial charge in [0.1, 0.15) is 11.8 Å². The maximum absolute atomic E-state index is 12.3. The lowest BCUT2D eigenvalue weighted by atomic mass is 10.0. The summed E-state index contributed by atoms with van der Waals surface area (Å²) in [6.07, 6.45) is 2.86. The molecule has 2 heterocycles. The molecule has 1 atom stereocenters. The van der Waals surface area contributed by atoms with Gasteiger partial charge >= 0.3 is 6.03 Å². The smallest absolute Gasteiger partial charge is 0.318 e. The predicted molar refractivity (Wildman–Crippen MR) is 88.7 cm³/mol. The minimum Gasteiger partial charge on any atom is -0.497 e. The number of hydrogen-bond donors (Lipinski definition) is 1. The number of methoxy groups -OCH3 is 1. The molecule has 1 aliphatic heterocycles. The number of likely N-dealkylation sites (tertiary alicyclic amines) is 1. The van der Waals surface area contributed by atoms with E-state index in [-0.39, 0.29) is 12.1 Å². The molecule has 0 bridgehead atoms. The number of hydrogen-bond acceptors (Lipinski definition) is 5. The highest BCUT2D eigenvalue weighted by Crippen LogP contribution is 2.31. The van der Waals surface area contributed by atoms with Crippen LogP contribution >= 0.6 is 0 Å². The van der Waals surface area contributed by atoms with Crippen LogP contribution in [0.2, 0.25) is 0 Å². The van der Waals surface area contributed by atoms with Gasteiger partial charge in [-0.3, -0.25) is 0 Å². The van der Waals surface area contributed by atoms with Crippen LogP contribution in [0, 0.1) is 0 Å². The van der Waals surface area contributed by atoms with E-state index in [9.17, 15) is 4.79 Å². The lowest BCUT2D eigenvalue weighted by Gasteiger charge is -2.33. The van der Waals surface area contributed by atoms with Crippen LogP contribution in [-0.2, 0) is 0 Å². The first-order chi connectivity index (χ1) is 11.7. The summed E-state index contributed by atoms with van der Waals surface area (Å²) in [5, 5.41) is 6.93. The normalized spacial score (nSPS) is 17.6. The van der Waals surface area contributed by atoms with Crippen molar-refractivity contribution in [3.05, 3.63) is 30.2 Å². The Bertz CT molecular complexity index is 701. The first kappa shape index (κ1) is 16.3. The third-order valence-corrected chi connectivity index (χ3v) is 4.15. The molecule has 128 valence electrons. The van der Waals surface area contributed by atoms with Crippen molar-refractivity contribution in [2.24, 2.45) is 0 Å². The third-order valence-electron chi connectivity index (χ3n) is 4.15. The largest absolute Gasteiger partial charge is 0.497 e. The van der Waals surface area contributed by atoms with E-state index in [1.54, 1.807) is 12.0 Å². The zero-order valence-electron chi connectivity index (χ0n) is 14.0. The Kier molecular flexibility index (Phi) is 4.98. The topological polar surface area (TPSA) is 80.5 Å². The SMILES string of the molecule is CCNC(=O)N1CCCC[C@@H]1c1nc(-c2cccc(OC)c2)no1. The van der Waals surface area contributed by atoms with Crippen LogP contribution in [0.4, 0.5) is 4.79 Å². The summed E-state index contributed by atoms with van der Waals surface area (Å²) in [4.78, 5) is 18.6. The molecule has 0 radical (unpaired) electrons. The Hall–Kier alpha value is -2.57. The van der Waals surface area contributed by atoms with Gasteiger partial charge in [0.2, 0.25) is 11.7 Å². The molecule has 0 unspecified atom stereocenters. The van der Waals surface area contributed by atoms with Gasteiger partial charge in [-0.25, -0.2) is 4.79 Å². The molecule has 2 aromatic rings. The fraction of sp³-hybridized carbons (Fsp3) is 0.471. The van der Waals surface area contributed by atoms with Gasteiger partial charge < -0.3 is 19.5 Å². The Morgan fingerprint density at radius 1 is 1.46 bits per heavy atom. The molecule has 1 fully saturated rings.